The molecule has 1 aliphatic carbocycles. The van der Waals surface area contributed by atoms with Crippen molar-refractivity contribution in [3.63, 3.8) is 0 Å². The van der Waals surface area contributed by atoms with E-state index in [2.05, 4.69) is 34.4 Å². The molecule has 1 heterocycles. The molecule has 0 spiro atoms. The maximum absolute atomic E-state index is 4.25. The predicted octanol–water partition coefficient (Wildman–Crippen LogP) is 2.89. The lowest BCUT2D eigenvalue weighted by Gasteiger charge is -2.31. The number of nitrogens with one attached hydrogen (secondary N) is 1. The molecule has 2 rings (SSSR count). The lowest BCUT2D eigenvalue weighted by Crippen LogP contribution is -2.32. The zero-order valence-corrected chi connectivity index (χ0v) is 10.9. The highest BCUT2D eigenvalue weighted by Gasteiger charge is 2.17. The third-order valence-electron chi connectivity index (χ3n) is 3.71. The van der Waals surface area contributed by atoms with Crippen molar-refractivity contribution in [2.45, 2.75) is 44.7 Å². The SMILES string of the molecule is CNc1cc(CN(C)C2CCCCC2)ccn1. The minimum absolute atomic E-state index is 0.773. The van der Waals surface area contributed by atoms with Gasteiger partial charge in [0.25, 0.3) is 0 Å². The largest absolute Gasteiger partial charge is 0.373 e. The number of anilines is 1. The molecule has 0 saturated heterocycles. The maximum Gasteiger partial charge on any atom is 0.125 e. The van der Waals surface area contributed by atoms with Crippen molar-refractivity contribution in [3.05, 3.63) is 23.9 Å². The lowest BCUT2D eigenvalue weighted by molar-refractivity contribution is 0.184. The van der Waals surface area contributed by atoms with Crippen LogP contribution in [0.5, 0.6) is 0 Å². The van der Waals surface area contributed by atoms with E-state index in [0.717, 1.165) is 18.4 Å². The van der Waals surface area contributed by atoms with Gasteiger partial charge in [-0.15, -0.1) is 0 Å². The van der Waals surface area contributed by atoms with Crippen LogP contribution in [0.25, 0.3) is 0 Å². The van der Waals surface area contributed by atoms with Crippen LogP contribution in [0, 0.1) is 0 Å². The zero-order chi connectivity index (χ0) is 12.1. The summed E-state index contributed by atoms with van der Waals surface area (Å²) < 4.78 is 0. The van der Waals surface area contributed by atoms with Gasteiger partial charge in [-0.25, -0.2) is 4.98 Å². The van der Waals surface area contributed by atoms with Crippen LogP contribution in [0.15, 0.2) is 18.3 Å². The first-order valence-corrected chi connectivity index (χ1v) is 6.62. The molecule has 1 aromatic heterocycles. The summed E-state index contributed by atoms with van der Waals surface area (Å²) in [5.74, 6) is 0.958. The number of pyridine rings is 1. The molecule has 17 heavy (non-hydrogen) atoms. The number of rotatable bonds is 4. The van der Waals surface area contributed by atoms with Gasteiger partial charge >= 0.3 is 0 Å². The fraction of sp³-hybridized carbons (Fsp3) is 0.643. The van der Waals surface area contributed by atoms with Crippen molar-refractivity contribution in [2.75, 3.05) is 19.4 Å². The standard InChI is InChI=1S/C14H23N3/c1-15-14-10-12(8-9-16-14)11-17(2)13-6-4-3-5-7-13/h8-10,13H,3-7,11H2,1-2H3,(H,15,16). The van der Waals surface area contributed by atoms with Crippen LogP contribution in [0.1, 0.15) is 37.7 Å². The van der Waals surface area contributed by atoms with Crippen molar-refractivity contribution >= 4 is 5.82 Å². The Morgan fingerprint density at radius 1 is 1.35 bits per heavy atom. The molecule has 0 aliphatic heterocycles. The second-order valence-electron chi connectivity index (χ2n) is 5.01. The zero-order valence-electron chi connectivity index (χ0n) is 10.9. The average Bonchev–Trinajstić information content (AvgIpc) is 2.40. The van der Waals surface area contributed by atoms with Gasteiger partial charge in [0.2, 0.25) is 0 Å². The second-order valence-corrected chi connectivity index (χ2v) is 5.01. The topological polar surface area (TPSA) is 28.2 Å². The van der Waals surface area contributed by atoms with Gasteiger partial charge in [-0.2, -0.15) is 0 Å². The summed E-state index contributed by atoms with van der Waals surface area (Å²) in [7, 11) is 4.16. The molecule has 0 unspecified atom stereocenters. The molecule has 3 heteroatoms. The van der Waals surface area contributed by atoms with Crippen LogP contribution < -0.4 is 5.32 Å². The van der Waals surface area contributed by atoms with E-state index >= 15 is 0 Å². The van der Waals surface area contributed by atoms with E-state index in [-0.39, 0.29) is 0 Å². The Hall–Kier alpha value is -1.09. The van der Waals surface area contributed by atoms with Crippen molar-refractivity contribution in [1.29, 1.82) is 0 Å². The summed E-state index contributed by atoms with van der Waals surface area (Å²) in [6.45, 7) is 1.03. The fourth-order valence-corrected chi connectivity index (χ4v) is 2.65. The summed E-state index contributed by atoms with van der Waals surface area (Å²) in [4.78, 5) is 6.74. The molecule has 0 bridgehead atoms. The fourth-order valence-electron chi connectivity index (χ4n) is 2.65. The van der Waals surface area contributed by atoms with Crippen LogP contribution in [-0.2, 0) is 6.54 Å². The van der Waals surface area contributed by atoms with E-state index in [9.17, 15) is 0 Å². The highest BCUT2D eigenvalue weighted by Crippen LogP contribution is 2.23. The molecule has 0 radical (unpaired) electrons. The van der Waals surface area contributed by atoms with E-state index in [1.165, 1.54) is 37.7 Å². The second kappa shape index (κ2) is 6.01. The van der Waals surface area contributed by atoms with E-state index < -0.39 is 0 Å². The quantitative estimate of drug-likeness (QED) is 0.866. The van der Waals surface area contributed by atoms with Gasteiger partial charge in [-0.05, 0) is 37.6 Å². The van der Waals surface area contributed by atoms with Gasteiger partial charge in [-0.1, -0.05) is 19.3 Å². The molecule has 1 N–H and O–H groups in total. The first-order valence-electron chi connectivity index (χ1n) is 6.62. The van der Waals surface area contributed by atoms with Crippen molar-refractivity contribution < 1.29 is 0 Å². The molecule has 3 nitrogen and oxygen atoms in total. The van der Waals surface area contributed by atoms with Crippen LogP contribution in [-0.4, -0.2) is 30.0 Å². The molecular formula is C14H23N3. The van der Waals surface area contributed by atoms with Gasteiger partial charge in [0.15, 0.2) is 0 Å². The number of nitrogens with zero attached hydrogens (tertiary/aromatic N) is 2. The third kappa shape index (κ3) is 3.43. The Kier molecular flexibility index (Phi) is 4.37. The normalized spacial score (nSPS) is 17.4. The first kappa shape index (κ1) is 12.4. The minimum atomic E-state index is 0.773. The van der Waals surface area contributed by atoms with Crippen molar-refractivity contribution in [3.8, 4) is 0 Å². The molecular weight excluding hydrogens is 210 g/mol. The molecule has 0 aromatic carbocycles. The molecule has 1 aromatic rings. The summed E-state index contributed by atoms with van der Waals surface area (Å²) in [6, 6.07) is 5.02. The van der Waals surface area contributed by atoms with Gasteiger partial charge in [0, 0.05) is 25.8 Å². The van der Waals surface area contributed by atoms with E-state index in [0.29, 0.717) is 0 Å². The average molecular weight is 233 g/mol. The van der Waals surface area contributed by atoms with Gasteiger partial charge in [0.1, 0.15) is 5.82 Å². The lowest BCUT2D eigenvalue weighted by atomic mass is 9.94. The Morgan fingerprint density at radius 2 is 2.12 bits per heavy atom. The monoisotopic (exact) mass is 233 g/mol. The van der Waals surface area contributed by atoms with Gasteiger partial charge in [-0.3, -0.25) is 4.90 Å². The van der Waals surface area contributed by atoms with Gasteiger partial charge < -0.3 is 5.32 Å². The van der Waals surface area contributed by atoms with E-state index in [1.54, 1.807) is 0 Å². The van der Waals surface area contributed by atoms with Crippen molar-refractivity contribution in [1.82, 2.24) is 9.88 Å². The van der Waals surface area contributed by atoms with Crippen LogP contribution >= 0.6 is 0 Å². The summed E-state index contributed by atoms with van der Waals surface area (Å²) >= 11 is 0. The Balaban J connectivity index is 1.94. The molecule has 1 saturated carbocycles. The third-order valence-corrected chi connectivity index (χ3v) is 3.71. The first-order chi connectivity index (χ1) is 8.29. The van der Waals surface area contributed by atoms with E-state index in [1.807, 2.05) is 13.2 Å². The highest BCUT2D eigenvalue weighted by atomic mass is 15.1. The molecule has 0 atom stereocenters. The predicted molar refractivity (Wildman–Crippen MR) is 72.1 cm³/mol. The smallest absolute Gasteiger partial charge is 0.125 e. The van der Waals surface area contributed by atoms with Crippen LogP contribution in [0.2, 0.25) is 0 Å². The molecule has 1 fully saturated rings. The molecule has 0 amide bonds. The summed E-state index contributed by atoms with van der Waals surface area (Å²) in [6.07, 6.45) is 8.82. The number of aromatic nitrogens is 1. The summed E-state index contributed by atoms with van der Waals surface area (Å²) in [5, 5.41) is 3.09. The van der Waals surface area contributed by atoms with Crippen LogP contribution in [0.4, 0.5) is 5.82 Å². The minimum Gasteiger partial charge on any atom is -0.373 e. The Bertz CT molecular complexity index is 345. The Labute approximate surface area is 104 Å². The van der Waals surface area contributed by atoms with Crippen LogP contribution in [0.3, 0.4) is 0 Å². The van der Waals surface area contributed by atoms with Gasteiger partial charge in [0.05, 0.1) is 0 Å². The maximum atomic E-state index is 4.25. The van der Waals surface area contributed by atoms with E-state index in [4.69, 9.17) is 0 Å². The molecule has 94 valence electrons. The number of hydrogen-bond acceptors (Lipinski definition) is 3. The summed E-state index contributed by atoms with van der Waals surface area (Å²) in [5.41, 5.74) is 1.34. The Morgan fingerprint density at radius 3 is 2.82 bits per heavy atom. The molecule has 1 aliphatic rings. The number of hydrogen-bond donors (Lipinski definition) is 1. The highest BCUT2D eigenvalue weighted by molar-refractivity contribution is 5.36. The van der Waals surface area contributed by atoms with Crippen molar-refractivity contribution in [2.24, 2.45) is 0 Å².